The molecule has 1 atom stereocenters. The van der Waals surface area contributed by atoms with E-state index in [1.54, 1.807) is 39.0 Å². The number of likely N-dealkylation sites (N-methyl/N-ethyl adjacent to an activating group) is 1. The Balaban J connectivity index is 0.00000280. The number of aromatic nitrogens is 2. The molecule has 156 valence electrons. The number of nitrogens with one attached hydrogen (secondary N) is 2. The van der Waals surface area contributed by atoms with Crippen LogP contribution in [0.4, 0.5) is 0 Å². The van der Waals surface area contributed by atoms with Crippen molar-refractivity contribution in [3.63, 3.8) is 0 Å². The van der Waals surface area contributed by atoms with E-state index in [-0.39, 0.29) is 23.3 Å². The van der Waals surface area contributed by atoms with E-state index >= 15 is 0 Å². The SMILES string of the molecule is Cc1ccc(S(=O)(=O)NC(C)(C)C)cc1-c1nc(C2CNCCN2C)no1.Cl. The van der Waals surface area contributed by atoms with E-state index in [0.717, 1.165) is 25.2 Å². The third-order valence-corrected chi connectivity index (χ3v) is 6.20. The highest BCUT2D eigenvalue weighted by atomic mass is 35.5. The van der Waals surface area contributed by atoms with Crippen molar-refractivity contribution >= 4 is 22.4 Å². The molecule has 8 nitrogen and oxygen atoms in total. The highest BCUT2D eigenvalue weighted by molar-refractivity contribution is 7.89. The van der Waals surface area contributed by atoms with Gasteiger partial charge >= 0.3 is 0 Å². The normalized spacial score (nSPS) is 18.7. The summed E-state index contributed by atoms with van der Waals surface area (Å²) in [7, 11) is -1.62. The Bertz CT molecular complexity index is 924. The third-order valence-electron chi connectivity index (χ3n) is 4.44. The lowest BCUT2D eigenvalue weighted by molar-refractivity contribution is 0.190. The van der Waals surface area contributed by atoms with E-state index in [1.807, 2.05) is 14.0 Å². The van der Waals surface area contributed by atoms with E-state index in [0.29, 0.717) is 17.3 Å². The van der Waals surface area contributed by atoms with Crippen LogP contribution in [-0.2, 0) is 10.0 Å². The van der Waals surface area contributed by atoms with Gasteiger partial charge in [-0.05, 0) is 52.4 Å². The van der Waals surface area contributed by atoms with Gasteiger partial charge in [0.2, 0.25) is 10.0 Å². The zero-order valence-corrected chi connectivity index (χ0v) is 18.4. The molecule has 0 amide bonds. The summed E-state index contributed by atoms with van der Waals surface area (Å²) in [4.78, 5) is 6.89. The van der Waals surface area contributed by atoms with Crippen molar-refractivity contribution in [1.29, 1.82) is 0 Å². The van der Waals surface area contributed by atoms with Crippen LogP contribution in [0.1, 0.15) is 38.2 Å². The van der Waals surface area contributed by atoms with Crippen LogP contribution in [0.2, 0.25) is 0 Å². The van der Waals surface area contributed by atoms with Crippen LogP contribution in [0.5, 0.6) is 0 Å². The summed E-state index contributed by atoms with van der Waals surface area (Å²) in [5.41, 5.74) is 0.923. The highest BCUT2D eigenvalue weighted by Crippen LogP contribution is 2.27. The van der Waals surface area contributed by atoms with Gasteiger partial charge in [0.05, 0.1) is 10.9 Å². The molecule has 2 heterocycles. The number of hydrogen-bond donors (Lipinski definition) is 2. The minimum atomic E-state index is -3.65. The van der Waals surface area contributed by atoms with E-state index < -0.39 is 15.6 Å². The zero-order chi connectivity index (χ0) is 19.8. The molecule has 10 heteroatoms. The van der Waals surface area contributed by atoms with Crippen molar-refractivity contribution in [2.75, 3.05) is 26.7 Å². The number of aryl methyl sites for hydroxylation is 1. The Kier molecular flexibility index (Phi) is 6.88. The Hall–Kier alpha value is -1.52. The number of benzene rings is 1. The van der Waals surface area contributed by atoms with E-state index in [1.165, 1.54) is 0 Å². The van der Waals surface area contributed by atoms with E-state index in [9.17, 15) is 8.42 Å². The molecule has 1 aliphatic rings. The molecule has 2 aromatic rings. The summed E-state index contributed by atoms with van der Waals surface area (Å²) in [6, 6.07) is 4.96. The van der Waals surface area contributed by atoms with Gasteiger partial charge in [-0.2, -0.15) is 4.98 Å². The van der Waals surface area contributed by atoms with E-state index in [2.05, 4.69) is 25.1 Å². The molecule has 1 saturated heterocycles. The van der Waals surface area contributed by atoms with Crippen LogP contribution in [0, 0.1) is 6.92 Å². The highest BCUT2D eigenvalue weighted by Gasteiger charge is 2.27. The molecule has 1 aromatic heterocycles. The molecule has 28 heavy (non-hydrogen) atoms. The third kappa shape index (κ3) is 5.09. The van der Waals surface area contributed by atoms with Gasteiger partial charge in [-0.3, -0.25) is 4.90 Å². The average Bonchev–Trinajstić information content (AvgIpc) is 3.02. The van der Waals surface area contributed by atoms with Crippen LogP contribution >= 0.6 is 12.4 Å². The summed E-state index contributed by atoms with van der Waals surface area (Å²) in [6.07, 6.45) is 0. The van der Waals surface area contributed by atoms with Crippen molar-refractivity contribution in [2.24, 2.45) is 0 Å². The van der Waals surface area contributed by atoms with Crippen molar-refractivity contribution in [3.05, 3.63) is 29.6 Å². The lowest BCUT2D eigenvalue weighted by Gasteiger charge is -2.30. The number of hydrogen-bond acceptors (Lipinski definition) is 7. The lowest BCUT2D eigenvalue weighted by atomic mass is 10.1. The number of nitrogens with zero attached hydrogens (tertiary/aromatic N) is 3. The quantitative estimate of drug-likeness (QED) is 0.767. The van der Waals surface area contributed by atoms with Crippen LogP contribution < -0.4 is 10.0 Å². The van der Waals surface area contributed by atoms with Gasteiger partial charge in [0.15, 0.2) is 5.82 Å². The number of rotatable bonds is 4. The molecule has 1 unspecified atom stereocenters. The summed E-state index contributed by atoms with van der Waals surface area (Å²) >= 11 is 0. The first-order valence-electron chi connectivity index (χ1n) is 8.96. The summed E-state index contributed by atoms with van der Waals surface area (Å²) in [6.45, 7) is 9.88. The molecule has 2 N–H and O–H groups in total. The number of piperazine rings is 1. The Morgan fingerprint density at radius 1 is 1.32 bits per heavy atom. The average molecular weight is 430 g/mol. The van der Waals surface area contributed by atoms with Crippen LogP contribution in [-0.4, -0.2) is 55.7 Å². The first kappa shape index (κ1) is 22.8. The first-order chi connectivity index (χ1) is 12.6. The fraction of sp³-hybridized carbons (Fsp3) is 0.556. The van der Waals surface area contributed by atoms with Crippen molar-refractivity contribution < 1.29 is 12.9 Å². The molecule has 1 fully saturated rings. The monoisotopic (exact) mass is 429 g/mol. The van der Waals surface area contributed by atoms with Gasteiger partial charge < -0.3 is 9.84 Å². The minimum absolute atomic E-state index is 0. The molecule has 0 spiro atoms. The molecule has 3 rings (SSSR count). The van der Waals surface area contributed by atoms with Gasteiger partial charge in [0, 0.05) is 30.7 Å². The molecule has 0 radical (unpaired) electrons. The minimum Gasteiger partial charge on any atom is -0.334 e. The maximum atomic E-state index is 12.6. The molecular formula is C18H28ClN5O3S. The molecule has 1 aliphatic heterocycles. The van der Waals surface area contributed by atoms with Gasteiger partial charge in [-0.1, -0.05) is 11.2 Å². The fourth-order valence-corrected chi connectivity index (χ4v) is 4.48. The standard InChI is InChI=1S/C18H27N5O3S.ClH/c1-12-6-7-13(27(24,25)22-18(2,3)4)10-14(12)17-20-16(21-26-17)15-11-19-8-9-23(15)5;/h6-7,10,15,19,22H,8-9,11H2,1-5H3;1H. The van der Waals surface area contributed by atoms with Gasteiger partial charge in [0.1, 0.15) is 0 Å². The Labute approximate surface area is 172 Å². The topological polar surface area (TPSA) is 100 Å². The summed E-state index contributed by atoms with van der Waals surface area (Å²) in [5.74, 6) is 0.925. The molecule has 0 aliphatic carbocycles. The molecule has 0 bridgehead atoms. The summed E-state index contributed by atoms with van der Waals surface area (Å²) < 4.78 is 33.4. The van der Waals surface area contributed by atoms with Gasteiger partial charge in [-0.15, -0.1) is 12.4 Å². The van der Waals surface area contributed by atoms with Gasteiger partial charge in [0.25, 0.3) is 5.89 Å². The van der Waals surface area contributed by atoms with Crippen LogP contribution in [0.25, 0.3) is 11.5 Å². The van der Waals surface area contributed by atoms with Crippen LogP contribution in [0.3, 0.4) is 0 Å². The van der Waals surface area contributed by atoms with E-state index in [4.69, 9.17) is 4.52 Å². The van der Waals surface area contributed by atoms with Crippen molar-refractivity contribution in [2.45, 2.75) is 44.2 Å². The maximum absolute atomic E-state index is 12.6. The van der Waals surface area contributed by atoms with Crippen LogP contribution in [0.15, 0.2) is 27.6 Å². The lowest BCUT2D eigenvalue weighted by Crippen LogP contribution is -2.44. The number of halogens is 1. The van der Waals surface area contributed by atoms with Crippen molar-refractivity contribution in [3.8, 4) is 11.5 Å². The Morgan fingerprint density at radius 2 is 2.04 bits per heavy atom. The Morgan fingerprint density at radius 3 is 2.68 bits per heavy atom. The second-order valence-corrected chi connectivity index (χ2v) is 9.67. The largest absolute Gasteiger partial charge is 0.334 e. The second kappa shape index (κ2) is 8.46. The second-order valence-electron chi connectivity index (χ2n) is 7.99. The maximum Gasteiger partial charge on any atom is 0.258 e. The predicted octanol–water partition coefficient (Wildman–Crippen LogP) is 2.12. The first-order valence-corrected chi connectivity index (χ1v) is 10.4. The molecule has 1 aromatic carbocycles. The van der Waals surface area contributed by atoms with Gasteiger partial charge in [-0.25, -0.2) is 13.1 Å². The summed E-state index contributed by atoms with van der Waals surface area (Å²) in [5, 5.41) is 7.45. The predicted molar refractivity (Wildman–Crippen MR) is 110 cm³/mol. The smallest absolute Gasteiger partial charge is 0.258 e. The fourth-order valence-electron chi connectivity index (χ4n) is 3.03. The number of sulfonamides is 1. The molecule has 0 saturated carbocycles. The molecular weight excluding hydrogens is 402 g/mol. The van der Waals surface area contributed by atoms with Crippen molar-refractivity contribution in [1.82, 2.24) is 25.1 Å². The zero-order valence-electron chi connectivity index (χ0n) is 16.8.